The standard InChI is InChI=1S/C13H18N2O3/c1-4-10-5-7-11(8-6-10)15-13(17)14-9(2)12(16)18-3/h5-9H,4H2,1-3H3,(H2,14,15,17)/t9-/m0/s1. The molecule has 1 aromatic rings. The summed E-state index contributed by atoms with van der Waals surface area (Å²) in [5.74, 6) is -0.480. The summed E-state index contributed by atoms with van der Waals surface area (Å²) in [6.07, 6.45) is 0.950. The lowest BCUT2D eigenvalue weighted by molar-refractivity contribution is -0.142. The summed E-state index contributed by atoms with van der Waals surface area (Å²) < 4.78 is 4.51. The topological polar surface area (TPSA) is 67.4 Å². The van der Waals surface area contributed by atoms with Crippen molar-refractivity contribution in [2.75, 3.05) is 12.4 Å². The highest BCUT2D eigenvalue weighted by Crippen LogP contribution is 2.09. The normalized spacial score (nSPS) is 11.5. The Labute approximate surface area is 107 Å². The molecule has 0 radical (unpaired) electrons. The Kier molecular flexibility index (Phi) is 5.17. The predicted octanol–water partition coefficient (Wildman–Crippen LogP) is 1.93. The average molecular weight is 250 g/mol. The van der Waals surface area contributed by atoms with E-state index in [1.54, 1.807) is 6.92 Å². The molecule has 0 aliphatic rings. The predicted molar refractivity (Wildman–Crippen MR) is 69.5 cm³/mol. The molecule has 98 valence electrons. The molecular weight excluding hydrogens is 232 g/mol. The lowest BCUT2D eigenvalue weighted by Crippen LogP contribution is -2.41. The largest absolute Gasteiger partial charge is 0.467 e. The first kappa shape index (κ1) is 14.0. The number of rotatable bonds is 4. The fraction of sp³-hybridized carbons (Fsp3) is 0.385. The molecule has 0 aliphatic heterocycles. The molecule has 0 saturated heterocycles. The van der Waals surface area contributed by atoms with Crippen LogP contribution in [0.1, 0.15) is 19.4 Å². The van der Waals surface area contributed by atoms with E-state index in [4.69, 9.17) is 0 Å². The van der Waals surface area contributed by atoms with Crippen LogP contribution in [0.4, 0.5) is 10.5 Å². The SMILES string of the molecule is CCc1ccc(NC(=O)N[C@@H](C)C(=O)OC)cc1. The summed E-state index contributed by atoms with van der Waals surface area (Å²) in [5.41, 5.74) is 1.88. The highest BCUT2D eigenvalue weighted by atomic mass is 16.5. The van der Waals surface area contributed by atoms with Crippen LogP contribution >= 0.6 is 0 Å². The van der Waals surface area contributed by atoms with Crippen LogP contribution in [0.3, 0.4) is 0 Å². The van der Waals surface area contributed by atoms with Crippen LogP contribution < -0.4 is 10.6 Å². The number of hydrogen-bond acceptors (Lipinski definition) is 3. The minimum Gasteiger partial charge on any atom is -0.467 e. The van der Waals surface area contributed by atoms with E-state index in [0.717, 1.165) is 6.42 Å². The van der Waals surface area contributed by atoms with Gasteiger partial charge in [0.05, 0.1) is 7.11 Å². The minimum atomic E-state index is -0.676. The minimum absolute atomic E-state index is 0.433. The Morgan fingerprint density at radius 1 is 1.28 bits per heavy atom. The monoisotopic (exact) mass is 250 g/mol. The molecule has 2 N–H and O–H groups in total. The molecule has 1 atom stereocenters. The van der Waals surface area contributed by atoms with Crippen LogP contribution in [0.15, 0.2) is 24.3 Å². The van der Waals surface area contributed by atoms with Gasteiger partial charge in [-0.15, -0.1) is 0 Å². The molecule has 1 aromatic carbocycles. The highest BCUT2D eigenvalue weighted by Gasteiger charge is 2.15. The summed E-state index contributed by atoms with van der Waals surface area (Å²) in [7, 11) is 1.28. The van der Waals surface area contributed by atoms with Gasteiger partial charge in [-0.25, -0.2) is 9.59 Å². The number of esters is 1. The number of methoxy groups -OCH3 is 1. The molecule has 0 aromatic heterocycles. The van der Waals surface area contributed by atoms with E-state index in [-0.39, 0.29) is 0 Å². The van der Waals surface area contributed by atoms with Crippen molar-refractivity contribution in [2.45, 2.75) is 26.3 Å². The number of carbonyl (C=O) groups excluding carboxylic acids is 2. The van der Waals surface area contributed by atoms with Gasteiger partial charge in [0.15, 0.2) is 0 Å². The van der Waals surface area contributed by atoms with Gasteiger partial charge in [-0.05, 0) is 31.0 Å². The number of hydrogen-bond donors (Lipinski definition) is 2. The summed E-state index contributed by atoms with van der Waals surface area (Å²) in [5, 5.41) is 5.13. The Bertz CT molecular complexity index is 415. The molecular formula is C13H18N2O3. The molecule has 0 heterocycles. The zero-order valence-corrected chi connectivity index (χ0v) is 10.8. The molecule has 5 nitrogen and oxygen atoms in total. The van der Waals surface area contributed by atoms with Crippen molar-refractivity contribution in [3.8, 4) is 0 Å². The van der Waals surface area contributed by atoms with Crippen molar-refractivity contribution in [3.05, 3.63) is 29.8 Å². The van der Waals surface area contributed by atoms with Crippen LogP contribution in [0, 0.1) is 0 Å². The fourth-order valence-electron chi connectivity index (χ4n) is 1.42. The van der Waals surface area contributed by atoms with Gasteiger partial charge < -0.3 is 15.4 Å². The van der Waals surface area contributed by atoms with Crippen LogP contribution in [0.2, 0.25) is 0 Å². The second kappa shape index (κ2) is 6.64. The first-order valence-electron chi connectivity index (χ1n) is 5.81. The van der Waals surface area contributed by atoms with Crippen molar-refractivity contribution in [1.82, 2.24) is 5.32 Å². The summed E-state index contributed by atoms with van der Waals surface area (Å²) in [6.45, 7) is 3.62. The fourth-order valence-corrected chi connectivity index (χ4v) is 1.42. The van der Waals surface area contributed by atoms with Crippen LogP contribution in [0.5, 0.6) is 0 Å². The third kappa shape index (κ3) is 4.08. The molecule has 18 heavy (non-hydrogen) atoms. The summed E-state index contributed by atoms with van der Waals surface area (Å²) in [6, 6.07) is 6.42. The van der Waals surface area contributed by atoms with E-state index in [2.05, 4.69) is 22.3 Å². The zero-order chi connectivity index (χ0) is 13.5. The van der Waals surface area contributed by atoms with Crippen LogP contribution in [0.25, 0.3) is 0 Å². The molecule has 0 fully saturated rings. The average Bonchev–Trinajstić information content (AvgIpc) is 2.38. The molecule has 0 unspecified atom stereocenters. The van der Waals surface area contributed by atoms with Crippen LogP contribution in [-0.2, 0) is 16.0 Å². The van der Waals surface area contributed by atoms with Crippen molar-refractivity contribution < 1.29 is 14.3 Å². The smallest absolute Gasteiger partial charge is 0.328 e. The van der Waals surface area contributed by atoms with Gasteiger partial charge in [0, 0.05) is 5.69 Å². The molecule has 0 bridgehead atoms. The first-order chi connectivity index (χ1) is 8.56. The Morgan fingerprint density at radius 3 is 2.39 bits per heavy atom. The van der Waals surface area contributed by atoms with Gasteiger partial charge in [0.25, 0.3) is 0 Å². The lowest BCUT2D eigenvalue weighted by Gasteiger charge is -2.12. The molecule has 1 rings (SSSR count). The van der Waals surface area contributed by atoms with Gasteiger partial charge in [0.1, 0.15) is 6.04 Å². The second-order valence-corrected chi connectivity index (χ2v) is 3.89. The number of ether oxygens (including phenoxy) is 1. The number of anilines is 1. The third-order valence-corrected chi connectivity index (χ3v) is 2.52. The number of urea groups is 1. The maximum Gasteiger partial charge on any atom is 0.328 e. The Morgan fingerprint density at radius 2 is 1.89 bits per heavy atom. The molecule has 0 aliphatic carbocycles. The molecule has 0 saturated carbocycles. The number of amides is 2. The van der Waals surface area contributed by atoms with E-state index in [9.17, 15) is 9.59 Å². The van der Waals surface area contributed by atoms with Crippen molar-refractivity contribution in [2.24, 2.45) is 0 Å². The number of benzene rings is 1. The number of carbonyl (C=O) groups is 2. The third-order valence-electron chi connectivity index (χ3n) is 2.52. The van der Waals surface area contributed by atoms with Gasteiger partial charge in [-0.1, -0.05) is 19.1 Å². The number of nitrogens with one attached hydrogen (secondary N) is 2. The lowest BCUT2D eigenvalue weighted by atomic mass is 10.1. The van der Waals surface area contributed by atoms with E-state index >= 15 is 0 Å². The molecule has 5 heteroatoms. The maximum absolute atomic E-state index is 11.6. The second-order valence-electron chi connectivity index (χ2n) is 3.89. The van der Waals surface area contributed by atoms with Gasteiger partial charge in [-0.2, -0.15) is 0 Å². The number of aryl methyl sites for hydroxylation is 1. The zero-order valence-electron chi connectivity index (χ0n) is 10.8. The summed E-state index contributed by atoms with van der Waals surface area (Å²) >= 11 is 0. The van der Waals surface area contributed by atoms with Crippen molar-refractivity contribution in [1.29, 1.82) is 0 Å². The van der Waals surface area contributed by atoms with Crippen molar-refractivity contribution in [3.63, 3.8) is 0 Å². The van der Waals surface area contributed by atoms with Gasteiger partial charge >= 0.3 is 12.0 Å². The molecule has 0 spiro atoms. The van der Waals surface area contributed by atoms with E-state index in [0.29, 0.717) is 5.69 Å². The first-order valence-corrected chi connectivity index (χ1v) is 5.81. The quantitative estimate of drug-likeness (QED) is 0.802. The van der Waals surface area contributed by atoms with E-state index in [1.165, 1.54) is 12.7 Å². The molecule has 2 amide bonds. The van der Waals surface area contributed by atoms with E-state index < -0.39 is 18.0 Å². The Hall–Kier alpha value is -2.04. The van der Waals surface area contributed by atoms with Crippen LogP contribution in [-0.4, -0.2) is 25.2 Å². The van der Waals surface area contributed by atoms with Gasteiger partial charge in [-0.3, -0.25) is 0 Å². The highest BCUT2D eigenvalue weighted by molar-refractivity contribution is 5.92. The van der Waals surface area contributed by atoms with E-state index in [1.807, 2.05) is 24.3 Å². The Balaban J connectivity index is 2.51. The summed E-state index contributed by atoms with van der Waals surface area (Å²) in [4.78, 5) is 22.7. The maximum atomic E-state index is 11.6. The van der Waals surface area contributed by atoms with Gasteiger partial charge in [0.2, 0.25) is 0 Å². The van der Waals surface area contributed by atoms with Crippen molar-refractivity contribution >= 4 is 17.7 Å².